The largest absolute Gasteiger partial charge is 0.508 e. The molecule has 38 heavy (non-hydrogen) atoms. The molecule has 0 amide bonds. The molecule has 2 aliphatic heterocycles. The first kappa shape index (κ1) is 23.6. The predicted molar refractivity (Wildman–Crippen MR) is 134 cm³/mol. The Morgan fingerprint density at radius 2 is 1.26 bits per heavy atom. The maximum absolute atomic E-state index is 11.2. The van der Waals surface area contributed by atoms with Crippen LogP contribution in [0.25, 0.3) is 0 Å². The molecule has 2 aliphatic rings. The first-order valence-electron chi connectivity index (χ1n) is 11.9. The molecule has 6 rings (SSSR count). The van der Waals surface area contributed by atoms with Gasteiger partial charge in [-0.15, -0.1) is 0 Å². The number of aliphatic hydroxyl groups excluding tert-OH is 1. The topological polar surface area (TPSA) is 160 Å². The van der Waals surface area contributed by atoms with Crippen molar-refractivity contribution in [2.45, 2.75) is 30.7 Å². The molecule has 9 heteroatoms. The lowest BCUT2D eigenvalue weighted by atomic mass is 9.83. The average molecular weight is 517 g/mol. The summed E-state index contributed by atoms with van der Waals surface area (Å²) >= 11 is 0. The standard InChI is InChI=1S/C29H24O9/c30-16-4-1-13(2-5-16)27-23(36)11-19-24(37-27)12-22(35)26-25(15-7-17(31)10-18(32)8-15)28(38-29(19)26)14-3-6-20(33)21(34)9-14/h1-10,12,23,25,27-28,30-36H,11H2/t23-,25-,27+,28+/m0/s1. The smallest absolute Gasteiger partial charge is 0.157 e. The molecule has 7 N–H and O–H groups in total. The van der Waals surface area contributed by atoms with Gasteiger partial charge in [0, 0.05) is 29.7 Å². The Morgan fingerprint density at radius 3 is 1.95 bits per heavy atom. The molecule has 0 saturated heterocycles. The van der Waals surface area contributed by atoms with Crippen molar-refractivity contribution >= 4 is 0 Å². The van der Waals surface area contributed by atoms with Crippen LogP contribution in [0.2, 0.25) is 0 Å². The quantitative estimate of drug-likeness (QED) is 0.198. The van der Waals surface area contributed by atoms with Crippen LogP contribution < -0.4 is 9.47 Å². The number of phenols is 6. The summed E-state index contributed by atoms with van der Waals surface area (Å²) in [6, 6.07) is 16.0. The van der Waals surface area contributed by atoms with Crippen LogP contribution in [0.4, 0.5) is 0 Å². The van der Waals surface area contributed by atoms with E-state index in [1.807, 2.05) is 0 Å². The molecular weight excluding hydrogens is 492 g/mol. The van der Waals surface area contributed by atoms with Gasteiger partial charge in [-0.3, -0.25) is 0 Å². The maximum atomic E-state index is 11.2. The molecule has 4 atom stereocenters. The maximum Gasteiger partial charge on any atom is 0.157 e. The molecule has 0 bridgehead atoms. The van der Waals surface area contributed by atoms with E-state index in [1.165, 1.54) is 48.5 Å². The van der Waals surface area contributed by atoms with Crippen molar-refractivity contribution in [3.8, 4) is 46.0 Å². The van der Waals surface area contributed by atoms with Crippen LogP contribution in [0.15, 0.2) is 66.7 Å². The number of aromatic hydroxyl groups is 6. The number of phenolic OH excluding ortho intramolecular Hbond substituents is 6. The lowest BCUT2D eigenvalue weighted by Gasteiger charge is -2.32. The Kier molecular flexibility index (Phi) is 5.39. The van der Waals surface area contributed by atoms with Gasteiger partial charge < -0.3 is 45.2 Å². The Hall–Kier alpha value is -4.76. The highest BCUT2D eigenvalue weighted by Gasteiger charge is 2.44. The van der Waals surface area contributed by atoms with E-state index in [0.29, 0.717) is 33.6 Å². The molecule has 0 fully saturated rings. The molecule has 0 radical (unpaired) electrons. The van der Waals surface area contributed by atoms with Crippen molar-refractivity contribution in [3.63, 3.8) is 0 Å². The predicted octanol–water partition coefficient (Wildman–Crippen LogP) is 4.22. The number of fused-ring (bicyclic) bond motifs is 3. The fraction of sp³-hybridized carbons (Fsp3) is 0.172. The minimum atomic E-state index is -0.968. The lowest BCUT2D eigenvalue weighted by Crippen LogP contribution is -2.30. The molecule has 9 nitrogen and oxygen atoms in total. The second-order valence-corrected chi connectivity index (χ2v) is 9.56. The molecule has 4 aromatic rings. The molecule has 0 saturated carbocycles. The summed E-state index contributed by atoms with van der Waals surface area (Å²) < 4.78 is 12.5. The number of hydrogen-bond acceptors (Lipinski definition) is 9. The number of aliphatic hydroxyl groups is 1. The van der Waals surface area contributed by atoms with Crippen molar-refractivity contribution in [1.82, 2.24) is 0 Å². The summed E-state index contributed by atoms with van der Waals surface area (Å²) in [5.74, 6) is -1.25. The van der Waals surface area contributed by atoms with Gasteiger partial charge in [0.25, 0.3) is 0 Å². The van der Waals surface area contributed by atoms with E-state index >= 15 is 0 Å². The van der Waals surface area contributed by atoms with Gasteiger partial charge in [-0.2, -0.15) is 0 Å². The van der Waals surface area contributed by atoms with E-state index in [-0.39, 0.29) is 46.7 Å². The first-order chi connectivity index (χ1) is 18.2. The Labute approximate surface area is 216 Å². The number of ether oxygens (including phenoxy) is 2. The minimum Gasteiger partial charge on any atom is -0.508 e. The van der Waals surface area contributed by atoms with E-state index in [2.05, 4.69) is 0 Å². The summed E-state index contributed by atoms with van der Waals surface area (Å²) in [5, 5.41) is 72.2. The minimum absolute atomic E-state index is 0.0821. The van der Waals surface area contributed by atoms with Gasteiger partial charge in [0.1, 0.15) is 46.7 Å². The van der Waals surface area contributed by atoms with Crippen molar-refractivity contribution in [2.24, 2.45) is 0 Å². The lowest BCUT2D eigenvalue weighted by molar-refractivity contribution is 0.0194. The highest BCUT2D eigenvalue weighted by atomic mass is 16.5. The molecule has 4 aromatic carbocycles. The molecule has 0 aromatic heterocycles. The number of hydrogen-bond donors (Lipinski definition) is 7. The zero-order chi connectivity index (χ0) is 26.7. The van der Waals surface area contributed by atoms with E-state index < -0.39 is 24.2 Å². The molecule has 194 valence electrons. The normalized spacial score (nSPS) is 21.7. The average Bonchev–Trinajstić information content (AvgIpc) is 3.28. The SMILES string of the molecule is Oc1ccc([C@H]2Oc3cc(O)c4c(c3C[C@@H]2O)O[C@H](c2ccc(O)c(O)c2)[C@H]4c2cc(O)cc(O)c2)cc1. The first-order valence-corrected chi connectivity index (χ1v) is 11.9. The van der Waals surface area contributed by atoms with E-state index in [0.717, 1.165) is 0 Å². The Bertz CT molecular complexity index is 1530. The van der Waals surface area contributed by atoms with Gasteiger partial charge in [0.05, 0.1) is 12.0 Å². The van der Waals surface area contributed by atoms with Crippen LogP contribution in [0.5, 0.6) is 46.0 Å². The molecule has 2 heterocycles. The van der Waals surface area contributed by atoms with Crippen LogP contribution in [0, 0.1) is 0 Å². The molecule has 0 spiro atoms. The van der Waals surface area contributed by atoms with Gasteiger partial charge >= 0.3 is 0 Å². The van der Waals surface area contributed by atoms with Crippen LogP contribution in [0.3, 0.4) is 0 Å². The van der Waals surface area contributed by atoms with Crippen LogP contribution in [-0.4, -0.2) is 41.8 Å². The number of rotatable bonds is 3. The van der Waals surface area contributed by atoms with Gasteiger partial charge in [0.15, 0.2) is 11.5 Å². The highest BCUT2D eigenvalue weighted by molar-refractivity contribution is 5.65. The summed E-state index contributed by atoms with van der Waals surface area (Å²) in [6.45, 7) is 0. The Balaban J connectivity index is 1.49. The summed E-state index contributed by atoms with van der Waals surface area (Å²) in [7, 11) is 0. The van der Waals surface area contributed by atoms with Crippen molar-refractivity contribution in [2.75, 3.05) is 0 Å². The third-order valence-electron chi connectivity index (χ3n) is 7.07. The van der Waals surface area contributed by atoms with Gasteiger partial charge in [0.2, 0.25) is 0 Å². The van der Waals surface area contributed by atoms with E-state index in [4.69, 9.17) is 9.47 Å². The second-order valence-electron chi connectivity index (χ2n) is 9.56. The van der Waals surface area contributed by atoms with Crippen LogP contribution in [0.1, 0.15) is 45.9 Å². The van der Waals surface area contributed by atoms with Gasteiger partial charge in [-0.05, 0) is 53.1 Å². The second kappa shape index (κ2) is 8.67. The fourth-order valence-corrected chi connectivity index (χ4v) is 5.36. The molecular formula is C29H24O9. The van der Waals surface area contributed by atoms with Gasteiger partial charge in [-0.1, -0.05) is 18.2 Å². The molecule has 0 aliphatic carbocycles. The van der Waals surface area contributed by atoms with E-state index in [9.17, 15) is 35.7 Å². The number of benzene rings is 4. The van der Waals surface area contributed by atoms with Crippen LogP contribution >= 0.6 is 0 Å². The van der Waals surface area contributed by atoms with Gasteiger partial charge in [-0.25, -0.2) is 0 Å². The summed E-state index contributed by atoms with van der Waals surface area (Å²) in [5.41, 5.74) is 2.45. The molecule has 0 unspecified atom stereocenters. The summed E-state index contributed by atoms with van der Waals surface area (Å²) in [4.78, 5) is 0. The summed E-state index contributed by atoms with van der Waals surface area (Å²) in [6.07, 6.45) is -2.41. The third-order valence-corrected chi connectivity index (χ3v) is 7.07. The van der Waals surface area contributed by atoms with Crippen molar-refractivity contribution < 1.29 is 45.2 Å². The monoisotopic (exact) mass is 516 g/mol. The van der Waals surface area contributed by atoms with E-state index in [1.54, 1.807) is 18.2 Å². The highest BCUT2D eigenvalue weighted by Crippen LogP contribution is 2.58. The fourth-order valence-electron chi connectivity index (χ4n) is 5.36. The zero-order valence-electron chi connectivity index (χ0n) is 19.8. The van der Waals surface area contributed by atoms with Crippen LogP contribution in [-0.2, 0) is 6.42 Å². The Morgan fingerprint density at radius 1 is 0.579 bits per heavy atom. The third kappa shape index (κ3) is 3.84. The van der Waals surface area contributed by atoms with Crippen molar-refractivity contribution in [1.29, 1.82) is 0 Å². The van der Waals surface area contributed by atoms with Crippen molar-refractivity contribution in [3.05, 3.63) is 94.5 Å². The zero-order valence-corrected chi connectivity index (χ0v) is 19.8.